The molecule has 0 radical (unpaired) electrons. The van der Waals surface area contributed by atoms with Crippen molar-refractivity contribution in [1.29, 1.82) is 0 Å². The Bertz CT molecular complexity index is 650. The molecule has 7 nitrogen and oxygen atoms in total. The van der Waals surface area contributed by atoms with E-state index < -0.39 is 0 Å². The lowest BCUT2D eigenvalue weighted by Gasteiger charge is -2.15. The van der Waals surface area contributed by atoms with Crippen molar-refractivity contribution in [2.45, 2.75) is 25.5 Å². The molecule has 3 rings (SSSR count). The number of rotatable bonds is 5. The van der Waals surface area contributed by atoms with Crippen LogP contribution in [0, 0.1) is 0 Å². The first-order valence-corrected chi connectivity index (χ1v) is 7.27. The van der Waals surface area contributed by atoms with Gasteiger partial charge in [0.2, 0.25) is 0 Å². The van der Waals surface area contributed by atoms with E-state index in [4.69, 9.17) is 19.9 Å². The number of ether oxygens (including phenoxy) is 3. The maximum Gasteiger partial charge on any atom is 0.162 e. The summed E-state index contributed by atoms with van der Waals surface area (Å²) in [6, 6.07) is 5.62. The van der Waals surface area contributed by atoms with Gasteiger partial charge in [-0.1, -0.05) is 5.21 Å². The Kier molecular flexibility index (Phi) is 4.26. The highest BCUT2D eigenvalue weighted by Gasteiger charge is 2.27. The Morgan fingerprint density at radius 3 is 2.77 bits per heavy atom. The smallest absolute Gasteiger partial charge is 0.162 e. The van der Waals surface area contributed by atoms with Gasteiger partial charge >= 0.3 is 0 Å². The van der Waals surface area contributed by atoms with Gasteiger partial charge in [0, 0.05) is 19.2 Å². The highest BCUT2D eigenvalue weighted by Crippen LogP contribution is 2.34. The third-order valence-corrected chi connectivity index (χ3v) is 3.82. The normalized spacial score (nSPS) is 17.7. The Morgan fingerprint density at radius 2 is 2.14 bits per heavy atom. The predicted molar refractivity (Wildman–Crippen MR) is 80.3 cm³/mol. The molecule has 1 aromatic heterocycles. The zero-order chi connectivity index (χ0) is 15.5. The molecule has 0 aliphatic carbocycles. The third-order valence-electron chi connectivity index (χ3n) is 3.82. The molecule has 1 atom stereocenters. The second-order valence-corrected chi connectivity index (χ2v) is 5.08. The summed E-state index contributed by atoms with van der Waals surface area (Å²) in [5.41, 5.74) is 8.33. The van der Waals surface area contributed by atoms with Crippen LogP contribution in [0.1, 0.15) is 30.3 Å². The maximum atomic E-state index is 5.80. The second-order valence-electron chi connectivity index (χ2n) is 5.08. The summed E-state index contributed by atoms with van der Waals surface area (Å²) in [6.45, 7) is 1.09. The molecule has 22 heavy (non-hydrogen) atoms. The molecule has 2 aromatic rings. The van der Waals surface area contributed by atoms with Gasteiger partial charge in [-0.25, -0.2) is 4.68 Å². The first kappa shape index (κ1) is 14.8. The van der Waals surface area contributed by atoms with Crippen LogP contribution in [-0.4, -0.2) is 35.8 Å². The van der Waals surface area contributed by atoms with Crippen LogP contribution in [-0.2, 0) is 11.3 Å². The lowest BCUT2D eigenvalue weighted by atomic mass is 10.1. The van der Waals surface area contributed by atoms with E-state index in [1.807, 2.05) is 18.2 Å². The summed E-state index contributed by atoms with van der Waals surface area (Å²) >= 11 is 0. The van der Waals surface area contributed by atoms with Crippen LogP contribution in [0.15, 0.2) is 18.2 Å². The molecule has 1 aromatic carbocycles. The summed E-state index contributed by atoms with van der Waals surface area (Å²) in [7, 11) is 3.21. The Hall–Kier alpha value is -2.12. The SMILES string of the molecule is COc1ccc(-n2nnc(CN)c2C2CCCO2)cc1OC. The van der Waals surface area contributed by atoms with Crippen molar-refractivity contribution in [2.75, 3.05) is 20.8 Å². The average molecular weight is 304 g/mol. The lowest BCUT2D eigenvalue weighted by molar-refractivity contribution is 0.106. The van der Waals surface area contributed by atoms with Crippen LogP contribution in [0.2, 0.25) is 0 Å². The molecule has 1 saturated heterocycles. The van der Waals surface area contributed by atoms with Crippen molar-refractivity contribution in [1.82, 2.24) is 15.0 Å². The van der Waals surface area contributed by atoms with E-state index in [0.717, 1.165) is 36.5 Å². The summed E-state index contributed by atoms with van der Waals surface area (Å²) in [6.07, 6.45) is 1.97. The van der Waals surface area contributed by atoms with E-state index in [2.05, 4.69) is 10.3 Å². The number of nitrogens with zero attached hydrogens (tertiary/aromatic N) is 3. The maximum absolute atomic E-state index is 5.80. The molecule has 1 unspecified atom stereocenters. The minimum atomic E-state index is -0.0124. The molecule has 0 amide bonds. The Labute approximate surface area is 129 Å². The summed E-state index contributed by atoms with van der Waals surface area (Å²) in [4.78, 5) is 0. The molecule has 1 aliphatic rings. The molecule has 7 heteroatoms. The van der Waals surface area contributed by atoms with Crippen molar-refractivity contribution >= 4 is 0 Å². The number of hydrogen-bond acceptors (Lipinski definition) is 6. The second kappa shape index (κ2) is 6.33. The van der Waals surface area contributed by atoms with E-state index in [1.54, 1.807) is 18.9 Å². The largest absolute Gasteiger partial charge is 0.493 e. The minimum Gasteiger partial charge on any atom is -0.493 e. The van der Waals surface area contributed by atoms with E-state index in [9.17, 15) is 0 Å². The van der Waals surface area contributed by atoms with Gasteiger partial charge in [-0.15, -0.1) is 5.10 Å². The van der Waals surface area contributed by atoms with Crippen molar-refractivity contribution < 1.29 is 14.2 Å². The van der Waals surface area contributed by atoms with E-state index >= 15 is 0 Å². The van der Waals surface area contributed by atoms with E-state index in [0.29, 0.717) is 18.0 Å². The van der Waals surface area contributed by atoms with E-state index in [-0.39, 0.29) is 6.10 Å². The summed E-state index contributed by atoms with van der Waals surface area (Å²) in [5, 5.41) is 8.43. The van der Waals surface area contributed by atoms with Gasteiger partial charge in [0.05, 0.1) is 25.6 Å². The zero-order valence-corrected chi connectivity index (χ0v) is 12.8. The first-order valence-electron chi connectivity index (χ1n) is 7.27. The van der Waals surface area contributed by atoms with Crippen LogP contribution in [0.5, 0.6) is 11.5 Å². The van der Waals surface area contributed by atoms with Gasteiger partial charge < -0.3 is 19.9 Å². The van der Waals surface area contributed by atoms with Crippen molar-refractivity contribution in [3.63, 3.8) is 0 Å². The van der Waals surface area contributed by atoms with Gasteiger partial charge in [0.1, 0.15) is 11.8 Å². The predicted octanol–water partition coefficient (Wildman–Crippen LogP) is 1.59. The Morgan fingerprint density at radius 1 is 1.32 bits per heavy atom. The van der Waals surface area contributed by atoms with Crippen molar-refractivity contribution in [3.05, 3.63) is 29.6 Å². The highest BCUT2D eigenvalue weighted by molar-refractivity contribution is 5.49. The summed E-state index contributed by atoms with van der Waals surface area (Å²) in [5.74, 6) is 1.31. The monoisotopic (exact) mass is 304 g/mol. The molecule has 0 bridgehead atoms. The molecular formula is C15H20N4O3. The van der Waals surface area contributed by atoms with Gasteiger partial charge in [-0.3, -0.25) is 0 Å². The molecule has 2 heterocycles. The molecule has 0 saturated carbocycles. The number of nitrogens with two attached hydrogens (primary N) is 1. The lowest BCUT2D eigenvalue weighted by Crippen LogP contribution is -2.11. The quantitative estimate of drug-likeness (QED) is 0.903. The molecule has 0 spiro atoms. The van der Waals surface area contributed by atoms with Crippen molar-refractivity contribution in [3.8, 4) is 17.2 Å². The van der Waals surface area contributed by atoms with Crippen LogP contribution in [0.4, 0.5) is 0 Å². The topological polar surface area (TPSA) is 84.4 Å². The third kappa shape index (κ3) is 2.53. The van der Waals surface area contributed by atoms with Gasteiger partial charge in [0.15, 0.2) is 11.5 Å². The highest BCUT2D eigenvalue weighted by atomic mass is 16.5. The fourth-order valence-corrected chi connectivity index (χ4v) is 2.73. The molecule has 1 fully saturated rings. The molecular weight excluding hydrogens is 284 g/mol. The van der Waals surface area contributed by atoms with E-state index in [1.165, 1.54) is 0 Å². The molecule has 1 aliphatic heterocycles. The van der Waals surface area contributed by atoms with Crippen LogP contribution < -0.4 is 15.2 Å². The van der Waals surface area contributed by atoms with Crippen LogP contribution in [0.3, 0.4) is 0 Å². The fourth-order valence-electron chi connectivity index (χ4n) is 2.73. The standard InChI is InChI=1S/C15H20N4O3/c1-20-12-6-5-10(8-14(12)21-2)19-15(11(9-16)17-18-19)13-4-3-7-22-13/h5-6,8,13H,3-4,7,9,16H2,1-2H3. The van der Waals surface area contributed by atoms with Crippen molar-refractivity contribution in [2.24, 2.45) is 5.73 Å². The number of aromatic nitrogens is 3. The van der Waals surface area contributed by atoms with Gasteiger partial charge in [0.25, 0.3) is 0 Å². The fraction of sp³-hybridized carbons (Fsp3) is 0.467. The Balaban J connectivity index is 2.06. The van der Waals surface area contributed by atoms with Gasteiger partial charge in [-0.05, 0) is 25.0 Å². The van der Waals surface area contributed by atoms with Crippen LogP contribution >= 0.6 is 0 Å². The minimum absolute atomic E-state index is 0.0124. The number of benzene rings is 1. The average Bonchev–Trinajstić information content (AvgIpc) is 3.22. The number of hydrogen-bond donors (Lipinski definition) is 1. The van der Waals surface area contributed by atoms with Gasteiger partial charge in [-0.2, -0.15) is 0 Å². The molecule has 2 N–H and O–H groups in total. The first-order chi connectivity index (χ1) is 10.8. The molecule has 118 valence electrons. The van der Waals surface area contributed by atoms with Crippen LogP contribution in [0.25, 0.3) is 5.69 Å². The zero-order valence-electron chi connectivity index (χ0n) is 12.8. The number of methoxy groups -OCH3 is 2. The summed E-state index contributed by atoms with van der Waals surface area (Å²) < 4.78 is 18.2.